The Hall–Kier alpha value is -2.56. The Labute approximate surface area is 120 Å². The van der Waals surface area contributed by atoms with E-state index in [2.05, 4.69) is 9.97 Å². The highest BCUT2D eigenvalue weighted by atomic mass is 19.1. The lowest BCUT2D eigenvalue weighted by molar-refractivity contribution is 0.398. The van der Waals surface area contributed by atoms with E-state index < -0.39 is 11.6 Å². The lowest BCUT2D eigenvalue weighted by Gasteiger charge is -2.10. The second kappa shape index (κ2) is 5.09. The van der Waals surface area contributed by atoms with Crippen LogP contribution >= 0.6 is 0 Å². The molecule has 0 aliphatic carbocycles. The van der Waals surface area contributed by atoms with Crippen molar-refractivity contribution in [2.24, 2.45) is 0 Å². The number of halogens is 2. The summed E-state index contributed by atoms with van der Waals surface area (Å²) in [7, 11) is 1.50. The van der Waals surface area contributed by atoms with Crippen LogP contribution in [0.4, 0.5) is 8.78 Å². The molecule has 2 aromatic heterocycles. The van der Waals surface area contributed by atoms with Crippen LogP contribution in [0.3, 0.4) is 0 Å². The maximum atomic E-state index is 14.5. The molecular formula is C16H12F2N2O. The summed E-state index contributed by atoms with van der Waals surface area (Å²) in [5.41, 5.74) is 1.69. The van der Waals surface area contributed by atoms with Crippen molar-refractivity contribution in [2.75, 3.05) is 7.11 Å². The third-order valence-electron chi connectivity index (χ3n) is 3.35. The van der Waals surface area contributed by atoms with Crippen LogP contribution in [0.2, 0.25) is 0 Å². The molecule has 0 radical (unpaired) electrons. The van der Waals surface area contributed by atoms with Gasteiger partial charge in [0.2, 0.25) is 5.88 Å². The number of ether oxygens (including phenoxy) is 1. The van der Waals surface area contributed by atoms with Crippen molar-refractivity contribution in [3.8, 4) is 17.1 Å². The first-order valence-electron chi connectivity index (χ1n) is 6.36. The molecule has 106 valence electrons. The van der Waals surface area contributed by atoms with Crippen LogP contribution in [-0.4, -0.2) is 17.1 Å². The van der Waals surface area contributed by atoms with Gasteiger partial charge in [-0.1, -0.05) is 6.07 Å². The molecule has 0 saturated carbocycles. The van der Waals surface area contributed by atoms with E-state index in [1.165, 1.54) is 19.2 Å². The van der Waals surface area contributed by atoms with E-state index in [9.17, 15) is 8.78 Å². The smallest absolute Gasteiger partial charge is 0.213 e. The van der Waals surface area contributed by atoms with Crippen LogP contribution in [0.1, 0.15) is 5.56 Å². The number of nitrogens with zero attached hydrogens (tertiary/aromatic N) is 2. The average Bonchev–Trinajstić information content (AvgIpc) is 2.50. The average molecular weight is 286 g/mol. The molecule has 0 aliphatic heterocycles. The summed E-state index contributed by atoms with van der Waals surface area (Å²) in [5, 5.41) is -0.0835. The van der Waals surface area contributed by atoms with Crippen LogP contribution < -0.4 is 4.74 Å². The summed E-state index contributed by atoms with van der Waals surface area (Å²) in [6.07, 6.45) is 1.56. The first kappa shape index (κ1) is 13.4. The number of pyridine rings is 2. The Morgan fingerprint density at radius 1 is 1.14 bits per heavy atom. The first-order valence-corrected chi connectivity index (χ1v) is 6.36. The number of aromatic nitrogens is 2. The molecule has 0 bridgehead atoms. The molecule has 1 aromatic carbocycles. The van der Waals surface area contributed by atoms with E-state index >= 15 is 0 Å². The molecular weight excluding hydrogens is 274 g/mol. The van der Waals surface area contributed by atoms with Crippen molar-refractivity contribution in [3.05, 3.63) is 53.7 Å². The third-order valence-corrected chi connectivity index (χ3v) is 3.35. The van der Waals surface area contributed by atoms with Crippen molar-refractivity contribution in [2.45, 2.75) is 6.92 Å². The van der Waals surface area contributed by atoms with Gasteiger partial charge >= 0.3 is 0 Å². The lowest BCUT2D eigenvalue weighted by Crippen LogP contribution is -1.98. The first-order chi connectivity index (χ1) is 10.1. The Morgan fingerprint density at radius 2 is 1.95 bits per heavy atom. The number of hydrogen-bond acceptors (Lipinski definition) is 3. The number of fused-ring (bicyclic) bond motifs is 1. The molecule has 0 atom stereocenters. The minimum Gasteiger partial charge on any atom is -0.481 e. The topological polar surface area (TPSA) is 35.0 Å². The van der Waals surface area contributed by atoms with Gasteiger partial charge in [-0.05, 0) is 25.1 Å². The Morgan fingerprint density at radius 3 is 2.71 bits per heavy atom. The van der Waals surface area contributed by atoms with Crippen LogP contribution in [0.15, 0.2) is 36.5 Å². The zero-order valence-corrected chi connectivity index (χ0v) is 11.5. The van der Waals surface area contributed by atoms with Crippen molar-refractivity contribution < 1.29 is 13.5 Å². The quantitative estimate of drug-likeness (QED) is 0.717. The maximum Gasteiger partial charge on any atom is 0.213 e. The van der Waals surface area contributed by atoms with E-state index in [4.69, 9.17) is 4.74 Å². The largest absolute Gasteiger partial charge is 0.481 e. The van der Waals surface area contributed by atoms with Crippen molar-refractivity contribution in [3.63, 3.8) is 0 Å². The molecule has 0 saturated heterocycles. The standard InChI is InChI=1S/C16H12F2N2O/c1-9-15(18)14-11(17)4-3-5-12(14)20-16(9)10-6-7-19-13(8-10)21-2/h3-8H,1-2H3. The Kier molecular flexibility index (Phi) is 3.25. The second-order valence-corrected chi connectivity index (χ2v) is 4.62. The van der Waals surface area contributed by atoms with Crippen LogP contribution in [0, 0.1) is 18.6 Å². The van der Waals surface area contributed by atoms with Gasteiger partial charge in [-0.2, -0.15) is 0 Å². The minimum absolute atomic E-state index is 0.0835. The van der Waals surface area contributed by atoms with Gasteiger partial charge in [0.05, 0.1) is 23.7 Å². The summed E-state index contributed by atoms with van der Waals surface area (Å²) >= 11 is 0. The molecule has 5 heteroatoms. The fraction of sp³-hybridized carbons (Fsp3) is 0.125. The van der Waals surface area contributed by atoms with Crippen LogP contribution in [0.25, 0.3) is 22.2 Å². The van der Waals surface area contributed by atoms with E-state index in [1.54, 1.807) is 31.3 Å². The highest BCUT2D eigenvalue weighted by molar-refractivity contribution is 5.84. The molecule has 2 heterocycles. The molecule has 3 rings (SSSR count). The van der Waals surface area contributed by atoms with Gasteiger partial charge in [0.15, 0.2) is 0 Å². The molecule has 0 amide bonds. The fourth-order valence-electron chi connectivity index (χ4n) is 2.27. The number of hydrogen-bond donors (Lipinski definition) is 0. The second-order valence-electron chi connectivity index (χ2n) is 4.62. The molecule has 0 N–H and O–H groups in total. The molecule has 21 heavy (non-hydrogen) atoms. The number of rotatable bonds is 2. The normalized spacial score (nSPS) is 10.9. The SMILES string of the molecule is COc1cc(-c2nc3cccc(F)c3c(F)c2C)ccn1. The van der Waals surface area contributed by atoms with Gasteiger partial charge in [-0.25, -0.2) is 18.7 Å². The van der Waals surface area contributed by atoms with Gasteiger partial charge in [-0.3, -0.25) is 0 Å². The monoisotopic (exact) mass is 286 g/mol. The van der Waals surface area contributed by atoms with E-state index in [0.717, 1.165) is 0 Å². The molecule has 3 nitrogen and oxygen atoms in total. The van der Waals surface area contributed by atoms with Gasteiger partial charge in [0.1, 0.15) is 11.6 Å². The minimum atomic E-state index is -0.612. The van der Waals surface area contributed by atoms with Crippen molar-refractivity contribution in [1.29, 1.82) is 0 Å². The predicted molar refractivity (Wildman–Crippen MR) is 76.2 cm³/mol. The van der Waals surface area contributed by atoms with Gasteiger partial charge in [-0.15, -0.1) is 0 Å². The Bertz CT molecular complexity index is 834. The molecule has 0 spiro atoms. The van der Waals surface area contributed by atoms with E-state index in [1.807, 2.05) is 0 Å². The summed E-state index contributed by atoms with van der Waals surface area (Å²) in [4.78, 5) is 8.39. The zero-order chi connectivity index (χ0) is 15.0. The van der Waals surface area contributed by atoms with E-state index in [0.29, 0.717) is 22.7 Å². The highest BCUT2D eigenvalue weighted by Crippen LogP contribution is 2.30. The molecule has 0 unspecified atom stereocenters. The summed E-state index contributed by atoms with van der Waals surface area (Å²) in [6.45, 7) is 1.58. The number of benzene rings is 1. The van der Waals surface area contributed by atoms with Crippen molar-refractivity contribution >= 4 is 10.9 Å². The molecule has 0 aliphatic rings. The molecule has 0 fully saturated rings. The third kappa shape index (κ3) is 2.20. The fourth-order valence-corrected chi connectivity index (χ4v) is 2.27. The highest BCUT2D eigenvalue weighted by Gasteiger charge is 2.16. The number of methoxy groups -OCH3 is 1. The predicted octanol–water partition coefficient (Wildman–Crippen LogP) is 3.89. The maximum absolute atomic E-state index is 14.5. The summed E-state index contributed by atoms with van der Waals surface area (Å²) in [6, 6.07) is 7.70. The van der Waals surface area contributed by atoms with Crippen molar-refractivity contribution in [1.82, 2.24) is 9.97 Å². The summed E-state index contributed by atoms with van der Waals surface area (Å²) < 4.78 is 33.3. The van der Waals surface area contributed by atoms with Gasteiger partial charge in [0, 0.05) is 23.4 Å². The van der Waals surface area contributed by atoms with Gasteiger partial charge in [0.25, 0.3) is 0 Å². The van der Waals surface area contributed by atoms with Gasteiger partial charge < -0.3 is 4.74 Å². The zero-order valence-electron chi connectivity index (χ0n) is 11.5. The summed E-state index contributed by atoms with van der Waals surface area (Å²) in [5.74, 6) is -0.795. The Balaban J connectivity index is 2.31. The lowest BCUT2D eigenvalue weighted by atomic mass is 10.0. The van der Waals surface area contributed by atoms with E-state index in [-0.39, 0.29) is 10.9 Å². The van der Waals surface area contributed by atoms with Crippen LogP contribution in [-0.2, 0) is 0 Å². The molecule has 3 aromatic rings. The van der Waals surface area contributed by atoms with Crippen LogP contribution in [0.5, 0.6) is 5.88 Å².